The molecule has 0 fully saturated rings. The summed E-state index contributed by atoms with van der Waals surface area (Å²) in [5.41, 5.74) is 12.4. The van der Waals surface area contributed by atoms with Gasteiger partial charge in [0.2, 0.25) is 0 Å². The van der Waals surface area contributed by atoms with Gasteiger partial charge in [0.05, 0.1) is 0 Å². The first-order valence-electron chi connectivity index (χ1n) is 23.2. The summed E-state index contributed by atoms with van der Waals surface area (Å²) in [6, 6.07) is 86.7. The van der Waals surface area contributed by atoms with Gasteiger partial charge in [-0.3, -0.25) is 0 Å². The molecule has 0 unspecified atom stereocenters. The third-order valence-corrected chi connectivity index (χ3v) is 15.9. The number of fused-ring (bicyclic) bond motifs is 11. The summed E-state index contributed by atoms with van der Waals surface area (Å²) in [6.45, 7) is 0. The van der Waals surface area contributed by atoms with Crippen molar-refractivity contribution >= 4 is 107 Å². The van der Waals surface area contributed by atoms with Crippen molar-refractivity contribution in [2.75, 3.05) is 0 Å². The van der Waals surface area contributed by atoms with E-state index in [1.54, 1.807) is 0 Å². The highest BCUT2D eigenvalue weighted by atomic mass is 32.1. The molecule has 0 atom stereocenters. The molecule has 1 heteroatoms. The molecule has 0 aliphatic carbocycles. The Kier molecular flexibility index (Phi) is 7.75. The second-order valence-corrected chi connectivity index (χ2v) is 19.3. The Hall–Kier alpha value is -8.36. The molecule has 0 bridgehead atoms. The fourth-order valence-electron chi connectivity index (χ4n) is 11.9. The fraction of sp³-hybridized carbons (Fsp3) is 0. The second-order valence-electron chi connectivity index (χ2n) is 18.2. The minimum absolute atomic E-state index is 1.21. The molecule has 0 spiro atoms. The molecule has 0 N–H and O–H groups in total. The van der Waals surface area contributed by atoms with Gasteiger partial charge in [0.25, 0.3) is 0 Å². The van der Waals surface area contributed by atoms with Crippen LogP contribution in [0.25, 0.3) is 151 Å². The molecule has 67 heavy (non-hydrogen) atoms. The van der Waals surface area contributed by atoms with Gasteiger partial charge in [-0.2, -0.15) is 0 Å². The SMILES string of the molecule is c1ccc(-c2cccc(-c3c4cc5c6ccccc6c6cccc(c4c(-c4cccc(-c7ccccc7)c4)c4c7ccc(-c8ccc9sc%10ccccc%10c9c8)c8cccc(c34)c87)c65)c2)cc1. The van der Waals surface area contributed by atoms with Gasteiger partial charge in [0.1, 0.15) is 0 Å². The average Bonchev–Trinajstić information content (AvgIpc) is 4.05. The lowest BCUT2D eigenvalue weighted by Crippen LogP contribution is -1.92. The summed E-state index contributed by atoms with van der Waals surface area (Å²) >= 11 is 1.88. The summed E-state index contributed by atoms with van der Waals surface area (Å²) in [6.07, 6.45) is 0. The maximum Gasteiger partial charge on any atom is 0.0355 e. The lowest BCUT2D eigenvalue weighted by molar-refractivity contribution is 1.61. The van der Waals surface area contributed by atoms with Crippen LogP contribution in [0.1, 0.15) is 0 Å². The van der Waals surface area contributed by atoms with Gasteiger partial charge < -0.3 is 0 Å². The predicted molar refractivity (Wildman–Crippen MR) is 291 cm³/mol. The maximum absolute atomic E-state index is 2.55. The normalized spacial score (nSPS) is 12.2. The van der Waals surface area contributed by atoms with Crippen LogP contribution in [0.4, 0.5) is 0 Å². The van der Waals surface area contributed by atoms with Crippen molar-refractivity contribution in [1.82, 2.24) is 0 Å². The van der Waals surface area contributed by atoms with Crippen LogP contribution < -0.4 is 0 Å². The van der Waals surface area contributed by atoms with Crippen LogP contribution in [-0.4, -0.2) is 0 Å². The van der Waals surface area contributed by atoms with Crippen molar-refractivity contribution in [2.24, 2.45) is 0 Å². The monoisotopic (exact) mass is 862 g/mol. The van der Waals surface area contributed by atoms with Gasteiger partial charge >= 0.3 is 0 Å². The Morgan fingerprint density at radius 3 is 1.42 bits per heavy atom. The van der Waals surface area contributed by atoms with E-state index in [9.17, 15) is 0 Å². The van der Waals surface area contributed by atoms with Gasteiger partial charge in [0, 0.05) is 20.2 Å². The van der Waals surface area contributed by atoms with E-state index in [1.165, 1.54) is 151 Å². The number of hydrogen-bond donors (Lipinski definition) is 0. The Labute approximate surface area is 390 Å². The molecule has 0 saturated heterocycles. The van der Waals surface area contributed by atoms with Crippen molar-refractivity contribution in [3.8, 4) is 55.6 Å². The van der Waals surface area contributed by atoms with Crippen molar-refractivity contribution < 1.29 is 0 Å². The Bertz CT molecular complexity index is 4480. The molecule has 1 heterocycles. The van der Waals surface area contributed by atoms with Crippen LogP contribution in [0.2, 0.25) is 0 Å². The van der Waals surface area contributed by atoms with Crippen LogP contribution in [0.5, 0.6) is 0 Å². The van der Waals surface area contributed by atoms with Gasteiger partial charge in [-0.15, -0.1) is 11.3 Å². The Morgan fingerprint density at radius 1 is 0.194 bits per heavy atom. The predicted octanol–water partition coefficient (Wildman–Crippen LogP) is 19.3. The minimum Gasteiger partial charge on any atom is -0.135 e. The molecule has 15 rings (SSSR count). The van der Waals surface area contributed by atoms with E-state index in [1.807, 2.05) is 11.3 Å². The summed E-state index contributed by atoms with van der Waals surface area (Å²) in [5, 5.41) is 20.9. The molecule has 308 valence electrons. The first kappa shape index (κ1) is 36.9. The fourth-order valence-corrected chi connectivity index (χ4v) is 13.0. The van der Waals surface area contributed by atoms with E-state index in [2.05, 4.69) is 231 Å². The molecule has 0 aliphatic rings. The quantitative estimate of drug-likeness (QED) is 0.151. The topological polar surface area (TPSA) is 0 Å². The molecule has 0 saturated carbocycles. The van der Waals surface area contributed by atoms with Crippen LogP contribution in [0.3, 0.4) is 0 Å². The zero-order valence-electron chi connectivity index (χ0n) is 36.3. The molecule has 0 radical (unpaired) electrons. The van der Waals surface area contributed by atoms with E-state index in [0.29, 0.717) is 0 Å². The van der Waals surface area contributed by atoms with Crippen LogP contribution in [0, 0.1) is 0 Å². The largest absolute Gasteiger partial charge is 0.135 e. The highest BCUT2D eigenvalue weighted by Crippen LogP contribution is 2.56. The van der Waals surface area contributed by atoms with Crippen LogP contribution in [-0.2, 0) is 0 Å². The second kappa shape index (κ2) is 14.1. The summed E-state index contributed by atoms with van der Waals surface area (Å²) in [5.74, 6) is 0. The zero-order chi connectivity index (χ0) is 43.7. The zero-order valence-corrected chi connectivity index (χ0v) is 37.2. The van der Waals surface area contributed by atoms with Gasteiger partial charge in [0.15, 0.2) is 0 Å². The highest BCUT2D eigenvalue weighted by molar-refractivity contribution is 7.25. The first-order chi connectivity index (χ1) is 33.2. The van der Waals surface area contributed by atoms with Gasteiger partial charge in [-0.05, 0) is 167 Å². The number of hydrogen-bond acceptors (Lipinski definition) is 1. The van der Waals surface area contributed by atoms with Crippen molar-refractivity contribution in [1.29, 1.82) is 0 Å². The van der Waals surface area contributed by atoms with Crippen LogP contribution in [0.15, 0.2) is 231 Å². The first-order valence-corrected chi connectivity index (χ1v) is 24.1. The van der Waals surface area contributed by atoms with E-state index in [4.69, 9.17) is 0 Å². The van der Waals surface area contributed by atoms with E-state index in [-0.39, 0.29) is 0 Å². The Morgan fingerprint density at radius 2 is 0.687 bits per heavy atom. The molecule has 14 aromatic carbocycles. The molecule has 0 nitrogen and oxygen atoms in total. The molecule has 0 amide bonds. The average molecular weight is 863 g/mol. The maximum atomic E-state index is 2.55. The summed E-state index contributed by atoms with van der Waals surface area (Å²) in [7, 11) is 0. The number of benzene rings is 12. The van der Waals surface area contributed by atoms with Crippen molar-refractivity contribution in [3.63, 3.8) is 0 Å². The van der Waals surface area contributed by atoms with Gasteiger partial charge in [-0.25, -0.2) is 0 Å². The van der Waals surface area contributed by atoms with Crippen LogP contribution >= 0.6 is 11.3 Å². The van der Waals surface area contributed by atoms with E-state index >= 15 is 0 Å². The smallest absolute Gasteiger partial charge is 0.0355 e. The van der Waals surface area contributed by atoms with E-state index < -0.39 is 0 Å². The lowest BCUT2D eigenvalue weighted by atomic mass is 9.83. The molecule has 1 aromatic heterocycles. The van der Waals surface area contributed by atoms with Crippen molar-refractivity contribution in [2.45, 2.75) is 0 Å². The molecule has 15 aromatic rings. The highest BCUT2D eigenvalue weighted by Gasteiger charge is 2.27. The Balaban J connectivity index is 1.15. The van der Waals surface area contributed by atoms with Crippen molar-refractivity contribution in [3.05, 3.63) is 231 Å². The molecular weight excluding hydrogens is 825 g/mol. The summed E-state index contributed by atoms with van der Waals surface area (Å²) in [4.78, 5) is 0. The summed E-state index contributed by atoms with van der Waals surface area (Å²) < 4.78 is 2.65. The molecular formula is C66H38S. The lowest BCUT2D eigenvalue weighted by Gasteiger charge is -2.20. The van der Waals surface area contributed by atoms with E-state index in [0.717, 1.165) is 0 Å². The third-order valence-electron chi connectivity index (χ3n) is 14.7. The number of rotatable bonds is 5. The minimum atomic E-state index is 1.21. The number of thiophene rings is 1. The molecule has 0 aliphatic heterocycles. The standard InChI is InChI=1S/C66H38S/c1-3-15-39(16-4-1)41-19-11-21-44(35-41)60-57-38-56-48-24-8-7-23-47(48)51-27-14-28-52(63(51)56)64(57)61(45-22-12-20-42(36-45)40-17-5-2-6-18-40)66-54-33-32-46(50-26-13-29-53(62(50)54)65(60)66)43-31-34-59-55(37-43)49-25-9-10-30-58(49)67-59/h1-38H. The third kappa shape index (κ3) is 5.29. The van der Waals surface area contributed by atoms with Gasteiger partial charge in [-0.1, -0.05) is 194 Å².